The fraction of sp³-hybridized carbons (Fsp3) is 0.0909. The molecule has 3 nitrogen and oxygen atoms in total. The fourth-order valence-electron chi connectivity index (χ4n) is 3.04. The molecule has 0 saturated carbocycles. The van der Waals surface area contributed by atoms with Crippen molar-refractivity contribution in [2.24, 2.45) is 0 Å². The number of benzene rings is 2. The van der Waals surface area contributed by atoms with Crippen molar-refractivity contribution < 1.29 is 4.39 Å². The lowest BCUT2D eigenvalue weighted by molar-refractivity contribution is 0.628. The summed E-state index contributed by atoms with van der Waals surface area (Å²) in [4.78, 5) is 4.50. The lowest BCUT2D eigenvalue weighted by Crippen LogP contribution is -1.95. The van der Waals surface area contributed by atoms with Crippen LogP contribution in [-0.4, -0.2) is 15.2 Å². The van der Waals surface area contributed by atoms with Crippen LogP contribution in [0.3, 0.4) is 0 Å². The van der Waals surface area contributed by atoms with E-state index in [1.165, 1.54) is 17.7 Å². The summed E-state index contributed by atoms with van der Waals surface area (Å²) in [6, 6.07) is 20.9. The van der Waals surface area contributed by atoms with E-state index in [2.05, 4.69) is 45.5 Å². The summed E-state index contributed by atoms with van der Waals surface area (Å²) in [5.74, 6) is -0.248. The third-order valence-corrected chi connectivity index (χ3v) is 4.41. The standard InChI is InChI=1S/C22H18FN3/c23-19-9-7-17(8-10-19)22-21(15-25-26-22)18-12-13-24-20(14-18)11-6-16-4-2-1-3-5-16/h1-5,7-10,12-15H,6,11H2,(H,25,26). The van der Waals surface area contributed by atoms with Gasteiger partial charge in [0, 0.05) is 23.0 Å². The molecule has 2 heterocycles. The van der Waals surface area contributed by atoms with E-state index in [9.17, 15) is 4.39 Å². The number of aromatic amines is 1. The summed E-state index contributed by atoms with van der Waals surface area (Å²) in [5, 5.41) is 7.21. The van der Waals surface area contributed by atoms with Gasteiger partial charge in [0.05, 0.1) is 11.9 Å². The average Bonchev–Trinajstić information content (AvgIpc) is 3.18. The van der Waals surface area contributed by atoms with Gasteiger partial charge in [0.15, 0.2) is 0 Å². The molecule has 0 radical (unpaired) electrons. The van der Waals surface area contributed by atoms with Gasteiger partial charge in [-0.3, -0.25) is 10.1 Å². The molecular weight excluding hydrogens is 325 g/mol. The minimum atomic E-state index is -0.248. The van der Waals surface area contributed by atoms with Crippen LogP contribution >= 0.6 is 0 Å². The molecule has 0 atom stereocenters. The quantitative estimate of drug-likeness (QED) is 0.550. The van der Waals surface area contributed by atoms with Gasteiger partial charge in [-0.2, -0.15) is 5.10 Å². The Morgan fingerprint density at radius 1 is 0.846 bits per heavy atom. The van der Waals surface area contributed by atoms with Crippen LogP contribution in [0.25, 0.3) is 22.4 Å². The topological polar surface area (TPSA) is 41.6 Å². The lowest BCUT2D eigenvalue weighted by Gasteiger charge is -2.06. The molecule has 0 aliphatic rings. The van der Waals surface area contributed by atoms with Crippen molar-refractivity contribution >= 4 is 0 Å². The number of aryl methyl sites for hydroxylation is 2. The van der Waals surface area contributed by atoms with E-state index in [1.54, 1.807) is 18.3 Å². The first-order valence-electron chi connectivity index (χ1n) is 8.58. The molecule has 0 bridgehead atoms. The molecule has 0 saturated heterocycles. The third-order valence-electron chi connectivity index (χ3n) is 4.41. The van der Waals surface area contributed by atoms with Gasteiger partial charge in [-0.05, 0) is 60.4 Å². The van der Waals surface area contributed by atoms with Crippen LogP contribution in [0.4, 0.5) is 4.39 Å². The van der Waals surface area contributed by atoms with Crippen molar-refractivity contribution in [1.82, 2.24) is 15.2 Å². The zero-order valence-electron chi connectivity index (χ0n) is 14.2. The molecule has 4 heteroatoms. The maximum Gasteiger partial charge on any atom is 0.123 e. The minimum Gasteiger partial charge on any atom is -0.277 e. The summed E-state index contributed by atoms with van der Waals surface area (Å²) < 4.78 is 13.2. The van der Waals surface area contributed by atoms with Crippen molar-refractivity contribution in [3.8, 4) is 22.4 Å². The monoisotopic (exact) mass is 343 g/mol. The zero-order chi connectivity index (χ0) is 17.8. The summed E-state index contributed by atoms with van der Waals surface area (Å²) in [7, 11) is 0. The van der Waals surface area contributed by atoms with E-state index in [4.69, 9.17) is 0 Å². The van der Waals surface area contributed by atoms with Gasteiger partial charge in [0.1, 0.15) is 5.82 Å². The average molecular weight is 343 g/mol. The van der Waals surface area contributed by atoms with Gasteiger partial charge in [-0.25, -0.2) is 4.39 Å². The highest BCUT2D eigenvalue weighted by molar-refractivity contribution is 5.80. The maximum atomic E-state index is 13.2. The minimum absolute atomic E-state index is 0.248. The summed E-state index contributed by atoms with van der Waals surface area (Å²) in [5.41, 5.74) is 6.16. The van der Waals surface area contributed by atoms with E-state index in [0.717, 1.165) is 40.9 Å². The molecule has 0 spiro atoms. The van der Waals surface area contributed by atoms with Crippen LogP contribution < -0.4 is 0 Å². The van der Waals surface area contributed by atoms with Crippen molar-refractivity contribution in [1.29, 1.82) is 0 Å². The largest absolute Gasteiger partial charge is 0.277 e. The van der Waals surface area contributed by atoms with Gasteiger partial charge in [-0.15, -0.1) is 0 Å². The molecule has 4 rings (SSSR count). The number of rotatable bonds is 5. The molecule has 26 heavy (non-hydrogen) atoms. The second kappa shape index (κ2) is 7.31. The van der Waals surface area contributed by atoms with Crippen molar-refractivity contribution in [3.63, 3.8) is 0 Å². The zero-order valence-corrected chi connectivity index (χ0v) is 14.2. The van der Waals surface area contributed by atoms with Crippen LogP contribution in [-0.2, 0) is 12.8 Å². The predicted octanol–water partition coefficient (Wildman–Crippen LogP) is 5.06. The molecule has 4 aromatic rings. The van der Waals surface area contributed by atoms with E-state index < -0.39 is 0 Å². The van der Waals surface area contributed by atoms with Crippen LogP contribution in [0.1, 0.15) is 11.3 Å². The summed E-state index contributed by atoms with van der Waals surface area (Å²) in [6.07, 6.45) is 5.46. The number of nitrogens with zero attached hydrogens (tertiary/aromatic N) is 2. The molecule has 128 valence electrons. The molecule has 0 fully saturated rings. The number of hydrogen-bond acceptors (Lipinski definition) is 2. The van der Waals surface area contributed by atoms with Crippen molar-refractivity contribution in [3.05, 3.63) is 96.2 Å². The Labute approximate surface area is 151 Å². The Hall–Kier alpha value is -3.27. The van der Waals surface area contributed by atoms with Crippen LogP contribution in [0.5, 0.6) is 0 Å². The number of nitrogens with one attached hydrogen (secondary N) is 1. The number of pyridine rings is 1. The Kier molecular flexibility index (Phi) is 4.56. The highest BCUT2D eigenvalue weighted by Gasteiger charge is 2.11. The lowest BCUT2D eigenvalue weighted by atomic mass is 10.0. The van der Waals surface area contributed by atoms with Crippen LogP contribution in [0.15, 0.2) is 79.1 Å². The van der Waals surface area contributed by atoms with Gasteiger partial charge in [0.25, 0.3) is 0 Å². The Bertz CT molecular complexity index is 991. The molecule has 0 unspecified atom stereocenters. The molecule has 0 aliphatic carbocycles. The van der Waals surface area contributed by atoms with E-state index in [-0.39, 0.29) is 5.82 Å². The fourth-order valence-corrected chi connectivity index (χ4v) is 3.04. The van der Waals surface area contributed by atoms with E-state index in [0.29, 0.717) is 0 Å². The highest BCUT2D eigenvalue weighted by Crippen LogP contribution is 2.30. The first-order valence-corrected chi connectivity index (χ1v) is 8.58. The van der Waals surface area contributed by atoms with Crippen molar-refractivity contribution in [2.45, 2.75) is 12.8 Å². The SMILES string of the molecule is Fc1ccc(-c2[nH]ncc2-c2ccnc(CCc3ccccc3)c2)cc1. The van der Waals surface area contributed by atoms with Crippen molar-refractivity contribution in [2.75, 3.05) is 0 Å². The Morgan fingerprint density at radius 3 is 2.46 bits per heavy atom. The first-order chi connectivity index (χ1) is 12.8. The van der Waals surface area contributed by atoms with Crippen LogP contribution in [0.2, 0.25) is 0 Å². The normalized spacial score (nSPS) is 10.8. The molecule has 2 aromatic carbocycles. The molecule has 2 aromatic heterocycles. The number of H-pyrrole nitrogens is 1. The van der Waals surface area contributed by atoms with Gasteiger partial charge < -0.3 is 0 Å². The number of halogens is 1. The summed E-state index contributed by atoms with van der Waals surface area (Å²) in [6.45, 7) is 0. The molecule has 1 N–H and O–H groups in total. The Balaban J connectivity index is 1.59. The van der Waals surface area contributed by atoms with Crippen LogP contribution in [0, 0.1) is 5.82 Å². The second-order valence-electron chi connectivity index (χ2n) is 6.19. The van der Waals surface area contributed by atoms with E-state index in [1.807, 2.05) is 18.3 Å². The number of aromatic nitrogens is 3. The second-order valence-corrected chi connectivity index (χ2v) is 6.19. The van der Waals surface area contributed by atoms with Gasteiger partial charge in [-0.1, -0.05) is 30.3 Å². The number of hydrogen-bond donors (Lipinski definition) is 1. The third kappa shape index (κ3) is 3.54. The van der Waals surface area contributed by atoms with Gasteiger partial charge in [0.2, 0.25) is 0 Å². The smallest absolute Gasteiger partial charge is 0.123 e. The Morgan fingerprint density at radius 2 is 1.65 bits per heavy atom. The first kappa shape index (κ1) is 16.2. The molecule has 0 aliphatic heterocycles. The van der Waals surface area contributed by atoms with E-state index >= 15 is 0 Å². The molecule has 0 amide bonds. The predicted molar refractivity (Wildman–Crippen MR) is 101 cm³/mol. The summed E-state index contributed by atoms with van der Waals surface area (Å²) >= 11 is 0. The highest BCUT2D eigenvalue weighted by atomic mass is 19.1. The van der Waals surface area contributed by atoms with Gasteiger partial charge >= 0.3 is 0 Å². The molecular formula is C22H18FN3. The maximum absolute atomic E-state index is 13.2.